The van der Waals surface area contributed by atoms with Gasteiger partial charge in [-0.3, -0.25) is 9.71 Å². The molecule has 1 N–H and O–H groups in total. The van der Waals surface area contributed by atoms with E-state index in [1.165, 1.54) is 0 Å². The van der Waals surface area contributed by atoms with Crippen molar-refractivity contribution in [1.29, 1.82) is 0 Å². The maximum atomic E-state index is 11.2. The van der Waals surface area contributed by atoms with E-state index in [0.29, 0.717) is 17.9 Å². The first kappa shape index (κ1) is 12.2. The molecule has 5 nitrogen and oxygen atoms in total. The minimum absolute atomic E-state index is 0.273. The van der Waals surface area contributed by atoms with Crippen LogP contribution in [-0.2, 0) is 16.4 Å². The van der Waals surface area contributed by atoms with Gasteiger partial charge in [0.15, 0.2) is 0 Å². The SMILES string of the molecule is CCc1ncc(OC2CC2)cc1NS(C)(=O)=O. The summed E-state index contributed by atoms with van der Waals surface area (Å²) in [5, 5.41) is 0. The molecule has 0 amide bonds. The van der Waals surface area contributed by atoms with Gasteiger partial charge < -0.3 is 4.74 Å². The number of pyridine rings is 1. The molecule has 1 saturated carbocycles. The third kappa shape index (κ3) is 3.59. The van der Waals surface area contributed by atoms with Gasteiger partial charge in [0.1, 0.15) is 5.75 Å². The molecule has 0 atom stereocenters. The smallest absolute Gasteiger partial charge is 0.229 e. The summed E-state index contributed by atoms with van der Waals surface area (Å²) in [4.78, 5) is 4.21. The molecule has 1 aliphatic carbocycles. The standard InChI is InChI=1S/C11H16N2O3S/c1-3-10-11(13-17(2,14)15)6-9(7-12-10)16-8-4-5-8/h6-8,13H,3-5H2,1-2H3. The van der Waals surface area contributed by atoms with Crippen LogP contribution in [0.4, 0.5) is 5.69 Å². The molecule has 94 valence electrons. The highest BCUT2D eigenvalue weighted by atomic mass is 32.2. The van der Waals surface area contributed by atoms with E-state index in [4.69, 9.17) is 4.74 Å². The summed E-state index contributed by atoms with van der Waals surface area (Å²) in [5.41, 5.74) is 1.23. The molecule has 0 spiro atoms. The summed E-state index contributed by atoms with van der Waals surface area (Å²) >= 11 is 0. The molecule has 0 unspecified atom stereocenters. The number of aryl methyl sites for hydroxylation is 1. The molecule has 1 aromatic rings. The van der Waals surface area contributed by atoms with E-state index >= 15 is 0 Å². The van der Waals surface area contributed by atoms with Crippen LogP contribution in [0.3, 0.4) is 0 Å². The van der Waals surface area contributed by atoms with Gasteiger partial charge in [0.25, 0.3) is 0 Å². The van der Waals surface area contributed by atoms with Crippen LogP contribution in [-0.4, -0.2) is 25.8 Å². The number of hydrogen-bond acceptors (Lipinski definition) is 4. The van der Waals surface area contributed by atoms with Crippen molar-refractivity contribution >= 4 is 15.7 Å². The second kappa shape index (κ2) is 4.52. The molecular formula is C11H16N2O3S. The maximum absolute atomic E-state index is 11.2. The van der Waals surface area contributed by atoms with Crippen LogP contribution >= 0.6 is 0 Å². The van der Waals surface area contributed by atoms with Crippen molar-refractivity contribution in [2.45, 2.75) is 32.3 Å². The van der Waals surface area contributed by atoms with Gasteiger partial charge in [0.2, 0.25) is 10.0 Å². The van der Waals surface area contributed by atoms with Gasteiger partial charge in [-0.25, -0.2) is 8.42 Å². The Morgan fingerprint density at radius 2 is 2.24 bits per heavy atom. The number of hydrogen-bond donors (Lipinski definition) is 1. The zero-order valence-electron chi connectivity index (χ0n) is 9.93. The molecule has 2 rings (SSSR count). The Morgan fingerprint density at radius 3 is 2.76 bits per heavy atom. The first-order valence-corrected chi connectivity index (χ1v) is 7.50. The second-order valence-electron chi connectivity index (χ2n) is 4.21. The Labute approximate surface area is 101 Å². The predicted molar refractivity (Wildman–Crippen MR) is 65.7 cm³/mol. The van der Waals surface area contributed by atoms with E-state index < -0.39 is 10.0 Å². The van der Waals surface area contributed by atoms with Gasteiger partial charge in [-0.15, -0.1) is 0 Å². The molecule has 6 heteroatoms. The highest BCUT2D eigenvalue weighted by Crippen LogP contribution is 2.29. The summed E-state index contributed by atoms with van der Waals surface area (Å²) in [5.74, 6) is 0.621. The van der Waals surface area contributed by atoms with Gasteiger partial charge in [0.05, 0.1) is 29.9 Å². The number of sulfonamides is 1. The Hall–Kier alpha value is -1.30. The van der Waals surface area contributed by atoms with Gasteiger partial charge in [-0.1, -0.05) is 6.92 Å². The molecule has 17 heavy (non-hydrogen) atoms. The summed E-state index contributed by atoms with van der Waals surface area (Å²) < 4.78 is 30.5. The topological polar surface area (TPSA) is 68.3 Å². The Balaban J connectivity index is 2.24. The van der Waals surface area contributed by atoms with Crippen molar-refractivity contribution in [3.8, 4) is 5.75 Å². The fourth-order valence-corrected chi connectivity index (χ4v) is 2.06. The third-order valence-electron chi connectivity index (χ3n) is 2.40. The summed E-state index contributed by atoms with van der Waals surface area (Å²) in [7, 11) is -3.28. The maximum Gasteiger partial charge on any atom is 0.229 e. The highest BCUT2D eigenvalue weighted by Gasteiger charge is 2.24. The lowest BCUT2D eigenvalue weighted by molar-refractivity contribution is 0.302. The molecule has 0 aromatic carbocycles. The lowest BCUT2D eigenvalue weighted by Crippen LogP contribution is -2.12. The van der Waals surface area contributed by atoms with Crippen LogP contribution in [0.5, 0.6) is 5.75 Å². The monoisotopic (exact) mass is 256 g/mol. The van der Waals surface area contributed by atoms with Crippen LogP contribution in [0.25, 0.3) is 0 Å². The molecular weight excluding hydrogens is 240 g/mol. The zero-order valence-corrected chi connectivity index (χ0v) is 10.8. The molecule has 1 aromatic heterocycles. The van der Waals surface area contributed by atoms with Crippen molar-refractivity contribution in [3.63, 3.8) is 0 Å². The first-order chi connectivity index (χ1) is 7.98. The second-order valence-corrected chi connectivity index (χ2v) is 5.96. The summed E-state index contributed by atoms with van der Waals surface area (Å²) in [6.45, 7) is 1.93. The van der Waals surface area contributed by atoms with Gasteiger partial charge in [0, 0.05) is 6.07 Å². The molecule has 1 aliphatic rings. The number of nitrogens with zero attached hydrogens (tertiary/aromatic N) is 1. The van der Waals surface area contributed by atoms with E-state index in [9.17, 15) is 8.42 Å². The number of aromatic nitrogens is 1. The van der Waals surface area contributed by atoms with Crippen molar-refractivity contribution in [3.05, 3.63) is 18.0 Å². The average molecular weight is 256 g/mol. The third-order valence-corrected chi connectivity index (χ3v) is 2.99. The summed E-state index contributed by atoms with van der Waals surface area (Å²) in [6, 6.07) is 1.70. The number of nitrogens with one attached hydrogen (secondary N) is 1. The highest BCUT2D eigenvalue weighted by molar-refractivity contribution is 7.92. The van der Waals surface area contributed by atoms with E-state index in [-0.39, 0.29) is 6.10 Å². The number of ether oxygens (including phenoxy) is 1. The van der Waals surface area contributed by atoms with Crippen molar-refractivity contribution in [1.82, 2.24) is 4.98 Å². The van der Waals surface area contributed by atoms with Gasteiger partial charge in [-0.05, 0) is 19.3 Å². The fraction of sp³-hybridized carbons (Fsp3) is 0.545. The van der Waals surface area contributed by atoms with Gasteiger partial charge in [-0.2, -0.15) is 0 Å². The van der Waals surface area contributed by atoms with Crippen LogP contribution in [0.2, 0.25) is 0 Å². The summed E-state index contributed by atoms with van der Waals surface area (Å²) in [6.07, 6.45) is 5.83. The quantitative estimate of drug-likeness (QED) is 0.868. The Bertz CT molecular complexity index is 509. The predicted octanol–water partition coefficient (Wildman–Crippen LogP) is 1.56. The molecule has 1 fully saturated rings. The van der Waals surface area contributed by atoms with Crippen LogP contribution in [0.1, 0.15) is 25.5 Å². The van der Waals surface area contributed by atoms with Gasteiger partial charge >= 0.3 is 0 Å². The molecule has 0 saturated heterocycles. The first-order valence-electron chi connectivity index (χ1n) is 5.61. The fourth-order valence-electron chi connectivity index (χ4n) is 1.49. The lowest BCUT2D eigenvalue weighted by Gasteiger charge is -2.11. The number of anilines is 1. The van der Waals surface area contributed by atoms with Crippen LogP contribution in [0.15, 0.2) is 12.3 Å². The van der Waals surface area contributed by atoms with E-state index in [2.05, 4.69) is 9.71 Å². The van der Waals surface area contributed by atoms with Crippen molar-refractivity contribution in [2.24, 2.45) is 0 Å². The Kier molecular flexibility index (Phi) is 3.24. The van der Waals surface area contributed by atoms with Crippen LogP contribution < -0.4 is 9.46 Å². The van der Waals surface area contributed by atoms with E-state index in [1.807, 2.05) is 6.92 Å². The number of rotatable bonds is 5. The normalized spacial score (nSPS) is 15.6. The Morgan fingerprint density at radius 1 is 1.53 bits per heavy atom. The van der Waals surface area contributed by atoms with E-state index in [1.54, 1.807) is 12.3 Å². The van der Waals surface area contributed by atoms with Crippen molar-refractivity contribution < 1.29 is 13.2 Å². The molecule has 1 heterocycles. The zero-order chi connectivity index (χ0) is 12.5. The lowest BCUT2D eigenvalue weighted by atomic mass is 10.2. The molecule has 0 bridgehead atoms. The van der Waals surface area contributed by atoms with Crippen molar-refractivity contribution in [2.75, 3.05) is 11.0 Å². The average Bonchev–Trinajstić information content (AvgIpc) is 3.00. The minimum Gasteiger partial charge on any atom is -0.489 e. The molecule has 0 aliphatic heterocycles. The minimum atomic E-state index is -3.28. The largest absolute Gasteiger partial charge is 0.489 e. The van der Waals surface area contributed by atoms with E-state index in [0.717, 1.165) is 24.8 Å². The van der Waals surface area contributed by atoms with Crippen LogP contribution in [0, 0.1) is 0 Å². The molecule has 0 radical (unpaired) electrons.